The molecule has 0 spiro atoms. The number of hydrogen-bond donors (Lipinski definition) is 0. The lowest BCUT2D eigenvalue weighted by atomic mass is 10.1. The standard InChI is InChI=1S/C13H24O2/c1-3-5-6-7-8-9-10-11-12-15-13(14)4-2/h9-10H,3-8,11-12H2,1-2H3/b10-9-. The highest BCUT2D eigenvalue weighted by molar-refractivity contribution is 5.68. The van der Waals surface area contributed by atoms with Crippen LogP contribution in [-0.2, 0) is 9.53 Å². The van der Waals surface area contributed by atoms with Crippen molar-refractivity contribution in [2.45, 2.75) is 58.8 Å². The summed E-state index contributed by atoms with van der Waals surface area (Å²) in [4.78, 5) is 10.8. The van der Waals surface area contributed by atoms with E-state index in [1.165, 1.54) is 25.7 Å². The summed E-state index contributed by atoms with van der Waals surface area (Å²) in [7, 11) is 0. The van der Waals surface area contributed by atoms with Gasteiger partial charge in [-0.15, -0.1) is 0 Å². The zero-order valence-corrected chi connectivity index (χ0v) is 10.1. The zero-order valence-electron chi connectivity index (χ0n) is 10.1. The van der Waals surface area contributed by atoms with Crippen molar-refractivity contribution in [3.05, 3.63) is 12.2 Å². The quantitative estimate of drug-likeness (QED) is 0.329. The van der Waals surface area contributed by atoms with Gasteiger partial charge < -0.3 is 4.74 Å². The number of ether oxygens (including phenoxy) is 1. The maximum absolute atomic E-state index is 10.8. The van der Waals surface area contributed by atoms with Gasteiger partial charge in [0.15, 0.2) is 0 Å². The van der Waals surface area contributed by atoms with Gasteiger partial charge in [0.05, 0.1) is 6.61 Å². The maximum Gasteiger partial charge on any atom is 0.305 e. The predicted octanol–water partition coefficient (Wildman–Crippen LogP) is 3.86. The second-order valence-electron chi connectivity index (χ2n) is 3.68. The molecule has 0 saturated heterocycles. The van der Waals surface area contributed by atoms with Crippen LogP contribution in [0.5, 0.6) is 0 Å². The molecule has 15 heavy (non-hydrogen) atoms. The minimum Gasteiger partial charge on any atom is -0.465 e. The Bertz CT molecular complexity index is 173. The Kier molecular flexibility index (Phi) is 10.7. The van der Waals surface area contributed by atoms with E-state index in [1.54, 1.807) is 0 Å². The molecule has 2 heteroatoms. The summed E-state index contributed by atoms with van der Waals surface area (Å²) in [5.74, 6) is -0.105. The van der Waals surface area contributed by atoms with E-state index in [2.05, 4.69) is 19.1 Å². The SMILES string of the molecule is CCCCCC/C=C\CCOC(=O)CC. The molecule has 0 aliphatic heterocycles. The first-order valence-corrected chi connectivity index (χ1v) is 6.11. The fourth-order valence-corrected chi connectivity index (χ4v) is 1.27. The van der Waals surface area contributed by atoms with E-state index in [4.69, 9.17) is 4.74 Å². The third-order valence-corrected chi connectivity index (χ3v) is 2.23. The second kappa shape index (κ2) is 11.3. The van der Waals surface area contributed by atoms with Gasteiger partial charge in [-0.25, -0.2) is 0 Å². The van der Waals surface area contributed by atoms with Crippen LogP contribution >= 0.6 is 0 Å². The molecule has 2 nitrogen and oxygen atoms in total. The second-order valence-corrected chi connectivity index (χ2v) is 3.68. The van der Waals surface area contributed by atoms with Crippen LogP contribution in [0, 0.1) is 0 Å². The Morgan fingerprint density at radius 1 is 1.07 bits per heavy atom. The number of rotatable bonds is 9. The molecule has 0 heterocycles. The van der Waals surface area contributed by atoms with Gasteiger partial charge in [-0.2, -0.15) is 0 Å². The van der Waals surface area contributed by atoms with Crippen molar-refractivity contribution in [3.63, 3.8) is 0 Å². The third-order valence-electron chi connectivity index (χ3n) is 2.23. The highest BCUT2D eigenvalue weighted by Crippen LogP contribution is 2.03. The normalized spacial score (nSPS) is 10.8. The minimum atomic E-state index is -0.105. The number of carbonyl (C=O) groups excluding carboxylic acids is 1. The van der Waals surface area contributed by atoms with Crippen LogP contribution in [0.25, 0.3) is 0 Å². The van der Waals surface area contributed by atoms with Crippen LogP contribution in [0.2, 0.25) is 0 Å². The topological polar surface area (TPSA) is 26.3 Å². The average Bonchev–Trinajstić information content (AvgIpc) is 2.26. The number of hydrogen-bond acceptors (Lipinski definition) is 2. The fraction of sp³-hybridized carbons (Fsp3) is 0.769. The van der Waals surface area contributed by atoms with Crippen molar-refractivity contribution in [2.24, 2.45) is 0 Å². The predicted molar refractivity (Wildman–Crippen MR) is 63.8 cm³/mol. The third kappa shape index (κ3) is 11.1. The van der Waals surface area contributed by atoms with Crippen molar-refractivity contribution < 1.29 is 9.53 Å². The van der Waals surface area contributed by atoms with E-state index >= 15 is 0 Å². The van der Waals surface area contributed by atoms with Crippen molar-refractivity contribution in [3.8, 4) is 0 Å². The highest BCUT2D eigenvalue weighted by atomic mass is 16.5. The lowest BCUT2D eigenvalue weighted by molar-refractivity contribution is -0.143. The number of unbranched alkanes of at least 4 members (excludes halogenated alkanes) is 4. The molecule has 0 radical (unpaired) electrons. The molecule has 0 aromatic rings. The van der Waals surface area contributed by atoms with Gasteiger partial charge in [-0.1, -0.05) is 45.3 Å². The average molecular weight is 212 g/mol. The summed E-state index contributed by atoms with van der Waals surface area (Å²) in [6.07, 6.45) is 12.0. The summed E-state index contributed by atoms with van der Waals surface area (Å²) >= 11 is 0. The van der Waals surface area contributed by atoms with Crippen LogP contribution in [-0.4, -0.2) is 12.6 Å². The van der Waals surface area contributed by atoms with E-state index in [0.29, 0.717) is 13.0 Å². The summed E-state index contributed by atoms with van der Waals surface area (Å²) in [5.41, 5.74) is 0. The van der Waals surface area contributed by atoms with Crippen molar-refractivity contribution in [1.82, 2.24) is 0 Å². The molecule has 0 bridgehead atoms. The fourth-order valence-electron chi connectivity index (χ4n) is 1.27. The first kappa shape index (κ1) is 14.2. The van der Waals surface area contributed by atoms with Crippen LogP contribution in [0.4, 0.5) is 0 Å². The summed E-state index contributed by atoms with van der Waals surface area (Å²) in [6.45, 7) is 4.56. The molecule has 0 aromatic carbocycles. The lowest BCUT2D eigenvalue weighted by Gasteiger charge is -1.99. The first-order valence-electron chi connectivity index (χ1n) is 6.11. The van der Waals surface area contributed by atoms with Gasteiger partial charge in [0.2, 0.25) is 0 Å². The Balaban J connectivity index is 3.14. The summed E-state index contributed by atoms with van der Waals surface area (Å²) in [5, 5.41) is 0. The largest absolute Gasteiger partial charge is 0.465 e. The number of carbonyl (C=O) groups is 1. The van der Waals surface area contributed by atoms with Gasteiger partial charge in [0, 0.05) is 6.42 Å². The van der Waals surface area contributed by atoms with Crippen molar-refractivity contribution in [2.75, 3.05) is 6.61 Å². The smallest absolute Gasteiger partial charge is 0.305 e. The minimum absolute atomic E-state index is 0.105. The van der Waals surface area contributed by atoms with Gasteiger partial charge in [-0.3, -0.25) is 4.79 Å². The molecular formula is C13H24O2. The summed E-state index contributed by atoms with van der Waals surface area (Å²) in [6, 6.07) is 0. The van der Waals surface area contributed by atoms with E-state index in [0.717, 1.165) is 12.8 Å². The molecule has 0 rings (SSSR count). The summed E-state index contributed by atoms with van der Waals surface area (Å²) < 4.78 is 4.95. The van der Waals surface area contributed by atoms with Crippen molar-refractivity contribution in [1.29, 1.82) is 0 Å². The molecule has 88 valence electrons. The van der Waals surface area contributed by atoms with E-state index in [9.17, 15) is 4.79 Å². The molecule has 0 unspecified atom stereocenters. The Labute approximate surface area is 93.7 Å². The van der Waals surface area contributed by atoms with Crippen LogP contribution < -0.4 is 0 Å². The number of esters is 1. The zero-order chi connectivity index (χ0) is 11.4. The van der Waals surface area contributed by atoms with Gasteiger partial charge in [0.25, 0.3) is 0 Å². The van der Waals surface area contributed by atoms with Crippen LogP contribution in [0.1, 0.15) is 58.8 Å². The monoisotopic (exact) mass is 212 g/mol. The molecule has 0 aliphatic carbocycles. The lowest BCUT2D eigenvalue weighted by Crippen LogP contribution is -2.02. The molecule has 0 atom stereocenters. The van der Waals surface area contributed by atoms with Crippen LogP contribution in [0.3, 0.4) is 0 Å². The van der Waals surface area contributed by atoms with Crippen molar-refractivity contribution >= 4 is 5.97 Å². The van der Waals surface area contributed by atoms with E-state index in [1.807, 2.05) is 6.92 Å². The highest BCUT2D eigenvalue weighted by Gasteiger charge is 1.94. The Hall–Kier alpha value is -0.790. The van der Waals surface area contributed by atoms with Gasteiger partial charge >= 0.3 is 5.97 Å². The van der Waals surface area contributed by atoms with Gasteiger partial charge in [-0.05, 0) is 19.3 Å². The molecular weight excluding hydrogens is 188 g/mol. The molecule has 0 saturated carbocycles. The molecule has 0 aromatic heterocycles. The Morgan fingerprint density at radius 2 is 1.80 bits per heavy atom. The first-order chi connectivity index (χ1) is 7.31. The molecule has 0 amide bonds. The van der Waals surface area contributed by atoms with Crippen LogP contribution in [0.15, 0.2) is 12.2 Å². The Morgan fingerprint density at radius 3 is 2.47 bits per heavy atom. The maximum atomic E-state index is 10.8. The number of allylic oxidation sites excluding steroid dienone is 1. The van der Waals surface area contributed by atoms with Gasteiger partial charge in [0.1, 0.15) is 0 Å². The van der Waals surface area contributed by atoms with E-state index < -0.39 is 0 Å². The van der Waals surface area contributed by atoms with E-state index in [-0.39, 0.29) is 5.97 Å². The molecule has 0 fully saturated rings. The molecule has 0 aliphatic rings. The molecule has 0 N–H and O–H groups in total.